The molecule has 1 fully saturated rings. The van der Waals surface area contributed by atoms with Crippen molar-refractivity contribution in [3.8, 4) is 5.75 Å². The van der Waals surface area contributed by atoms with Crippen LogP contribution in [0.5, 0.6) is 5.75 Å². The van der Waals surface area contributed by atoms with Crippen LogP contribution in [-0.2, 0) is 16.1 Å². The normalized spacial score (nSPS) is 16.4. The maximum atomic E-state index is 12.7. The number of carbonyl (C=O) groups excluding carboxylic acids is 2. The first-order chi connectivity index (χ1) is 13.8. The van der Waals surface area contributed by atoms with Gasteiger partial charge in [0.2, 0.25) is 5.91 Å². The molecule has 1 aliphatic heterocycles. The van der Waals surface area contributed by atoms with Gasteiger partial charge in [0, 0.05) is 12.2 Å². The summed E-state index contributed by atoms with van der Waals surface area (Å²) in [5.74, 6) is 0.523. The highest BCUT2D eigenvalue weighted by atomic mass is 16.6. The number of nitrogens with zero attached hydrogens (tertiary/aromatic N) is 1. The van der Waals surface area contributed by atoms with Gasteiger partial charge in [0.1, 0.15) is 24.0 Å². The van der Waals surface area contributed by atoms with Gasteiger partial charge >= 0.3 is 6.09 Å². The summed E-state index contributed by atoms with van der Waals surface area (Å²) in [6.07, 6.45) is 0.965. The van der Waals surface area contributed by atoms with E-state index in [-0.39, 0.29) is 5.91 Å². The van der Waals surface area contributed by atoms with Crippen molar-refractivity contribution in [2.75, 3.05) is 11.9 Å². The van der Waals surface area contributed by atoms with Crippen LogP contribution in [0.4, 0.5) is 10.5 Å². The summed E-state index contributed by atoms with van der Waals surface area (Å²) < 4.78 is 11.2. The monoisotopic (exact) mass is 396 g/mol. The number of rotatable bonds is 5. The van der Waals surface area contributed by atoms with E-state index in [1.165, 1.54) is 4.90 Å². The van der Waals surface area contributed by atoms with Crippen LogP contribution in [0.1, 0.15) is 39.2 Å². The minimum absolute atomic E-state index is 0.202. The highest BCUT2D eigenvalue weighted by molar-refractivity contribution is 5.96. The minimum Gasteiger partial charge on any atom is -0.489 e. The lowest BCUT2D eigenvalue weighted by Gasteiger charge is -2.28. The van der Waals surface area contributed by atoms with E-state index in [4.69, 9.17) is 9.47 Å². The van der Waals surface area contributed by atoms with Gasteiger partial charge in [-0.25, -0.2) is 4.79 Å². The first kappa shape index (κ1) is 20.7. The van der Waals surface area contributed by atoms with E-state index < -0.39 is 17.7 Å². The van der Waals surface area contributed by atoms with Crippen LogP contribution in [0.25, 0.3) is 0 Å². The zero-order valence-corrected chi connectivity index (χ0v) is 17.2. The van der Waals surface area contributed by atoms with Crippen LogP contribution >= 0.6 is 0 Å². The van der Waals surface area contributed by atoms with Crippen molar-refractivity contribution in [1.29, 1.82) is 0 Å². The summed E-state index contributed by atoms with van der Waals surface area (Å²) in [7, 11) is 0. The molecule has 29 heavy (non-hydrogen) atoms. The Labute approximate surface area is 171 Å². The molecule has 3 rings (SSSR count). The lowest BCUT2D eigenvalue weighted by molar-refractivity contribution is -0.120. The zero-order valence-electron chi connectivity index (χ0n) is 17.2. The van der Waals surface area contributed by atoms with Gasteiger partial charge in [-0.3, -0.25) is 9.69 Å². The van der Waals surface area contributed by atoms with Crippen molar-refractivity contribution in [1.82, 2.24) is 4.90 Å². The fraction of sp³-hybridized carbons (Fsp3) is 0.391. The van der Waals surface area contributed by atoms with Crippen molar-refractivity contribution in [2.24, 2.45) is 0 Å². The molecule has 6 nitrogen and oxygen atoms in total. The lowest BCUT2D eigenvalue weighted by atomic mass is 10.2. The summed E-state index contributed by atoms with van der Waals surface area (Å²) in [6.45, 7) is 6.46. The molecule has 154 valence electrons. The molecular weight excluding hydrogens is 368 g/mol. The van der Waals surface area contributed by atoms with E-state index >= 15 is 0 Å². The number of benzene rings is 2. The average molecular weight is 396 g/mol. The number of nitrogens with one attached hydrogen (secondary N) is 1. The summed E-state index contributed by atoms with van der Waals surface area (Å²) in [5.41, 5.74) is 1.17. The zero-order chi connectivity index (χ0) is 20.9. The van der Waals surface area contributed by atoms with Gasteiger partial charge in [-0.15, -0.1) is 0 Å². The molecule has 1 atom stereocenters. The van der Waals surface area contributed by atoms with Crippen LogP contribution in [0.15, 0.2) is 54.6 Å². The molecule has 0 aromatic heterocycles. The van der Waals surface area contributed by atoms with E-state index in [1.54, 1.807) is 12.1 Å². The minimum atomic E-state index is -0.587. The quantitative estimate of drug-likeness (QED) is 0.802. The Bertz CT molecular complexity index is 828. The number of hydrogen-bond acceptors (Lipinski definition) is 4. The molecule has 2 aromatic carbocycles. The van der Waals surface area contributed by atoms with Crippen molar-refractivity contribution >= 4 is 17.7 Å². The predicted molar refractivity (Wildman–Crippen MR) is 112 cm³/mol. The first-order valence-electron chi connectivity index (χ1n) is 9.89. The molecule has 0 spiro atoms. The molecule has 0 radical (unpaired) electrons. The van der Waals surface area contributed by atoms with Crippen molar-refractivity contribution in [3.05, 3.63) is 60.2 Å². The number of anilines is 1. The molecule has 2 amide bonds. The molecule has 0 aliphatic carbocycles. The van der Waals surface area contributed by atoms with E-state index in [1.807, 2.05) is 63.2 Å². The van der Waals surface area contributed by atoms with E-state index in [0.29, 0.717) is 25.3 Å². The smallest absolute Gasteiger partial charge is 0.410 e. The van der Waals surface area contributed by atoms with Gasteiger partial charge in [-0.05, 0) is 63.4 Å². The molecule has 1 N–H and O–H groups in total. The van der Waals surface area contributed by atoms with Crippen LogP contribution in [0.2, 0.25) is 0 Å². The van der Waals surface area contributed by atoms with Crippen molar-refractivity contribution in [2.45, 2.75) is 51.9 Å². The van der Waals surface area contributed by atoms with E-state index in [9.17, 15) is 9.59 Å². The molecule has 2 aromatic rings. The van der Waals surface area contributed by atoms with Gasteiger partial charge in [0.05, 0.1) is 0 Å². The standard InChI is InChI=1S/C23H28N2O4/c1-23(2,3)29-22(27)25-15-7-10-20(25)21(26)24-18-11-13-19(14-12-18)28-16-17-8-5-4-6-9-17/h4-6,8-9,11-14,20H,7,10,15-16H2,1-3H3,(H,24,26). The Morgan fingerprint density at radius 3 is 2.41 bits per heavy atom. The summed E-state index contributed by atoms with van der Waals surface area (Å²) >= 11 is 0. The maximum absolute atomic E-state index is 12.7. The number of hydrogen-bond donors (Lipinski definition) is 1. The number of carbonyl (C=O) groups is 2. The first-order valence-corrected chi connectivity index (χ1v) is 9.89. The largest absolute Gasteiger partial charge is 0.489 e. The van der Waals surface area contributed by atoms with Crippen LogP contribution in [0, 0.1) is 0 Å². The van der Waals surface area contributed by atoms with Crippen LogP contribution in [-0.4, -0.2) is 35.1 Å². The third-order valence-electron chi connectivity index (χ3n) is 4.55. The summed E-state index contributed by atoms with van der Waals surface area (Å²) in [6, 6.07) is 16.6. The second kappa shape index (κ2) is 8.99. The van der Waals surface area contributed by atoms with E-state index in [0.717, 1.165) is 17.7 Å². The van der Waals surface area contributed by atoms with Crippen molar-refractivity contribution < 1.29 is 19.1 Å². The Morgan fingerprint density at radius 1 is 1.07 bits per heavy atom. The van der Waals surface area contributed by atoms with Gasteiger partial charge in [-0.2, -0.15) is 0 Å². The highest BCUT2D eigenvalue weighted by Crippen LogP contribution is 2.23. The number of amides is 2. The third kappa shape index (κ3) is 5.98. The fourth-order valence-corrected chi connectivity index (χ4v) is 3.18. The Balaban J connectivity index is 1.55. The lowest BCUT2D eigenvalue weighted by Crippen LogP contribution is -2.45. The predicted octanol–water partition coefficient (Wildman–Crippen LogP) is 4.60. The average Bonchev–Trinajstić information content (AvgIpc) is 3.17. The maximum Gasteiger partial charge on any atom is 0.410 e. The molecule has 0 saturated carbocycles. The second-order valence-corrected chi connectivity index (χ2v) is 8.12. The summed E-state index contributed by atoms with van der Waals surface area (Å²) in [4.78, 5) is 26.6. The Morgan fingerprint density at radius 2 is 1.76 bits per heavy atom. The molecule has 6 heteroatoms. The molecule has 1 saturated heterocycles. The van der Waals surface area contributed by atoms with Crippen LogP contribution < -0.4 is 10.1 Å². The Hall–Kier alpha value is -3.02. The van der Waals surface area contributed by atoms with Gasteiger partial charge in [0.15, 0.2) is 0 Å². The molecule has 1 unspecified atom stereocenters. The van der Waals surface area contributed by atoms with Crippen molar-refractivity contribution in [3.63, 3.8) is 0 Å². The number of ether oxygens (including phenoxy) is 2. The van der Waals surface area contributed by atoms with Gasteiger partial charge < -0.3 is 14.8 Å². The summed E-state index contributed by atoms with van der Waals surface area (Å²) in [5, 5.41) is 2.89. The molecule has 0 bridgehead atoms. The molecule has 1 heterocycles. The van der Waals surface area contributed by atoms with Crippen LogP contribution in [0.3, 0.4) is 0 Å². The fourth-order valence-electron chi connectivity index (χ4n) is 3.18. The SMILES string of the molecule is CC(C)(C)OC(=O)N1CCCC1C(=O)Nc1ccc(OCc2ccccc2)cc1. The topological polar surface area (TPSA) is 67.9 Å². The Kier molecular flexibility index (Phi) is 6.42. The van der Waals surface area contributed by atoms with Gasteiger partial charge in [0.25, 0.3) is 0 Å². The van der Waals surface area contributed by atoms with Gasteiger partial charge in [-0.1, -0.05) is 30.3 Å². The van der Waals surface area contributed by atoms with E-state index in [2.05, 4.69) is 5.32 Å². The second-order valence-electron chi connectivity index (χ2n) is 8.12. The molecule has 1 aliphatic rings. The highest BCUT2D eigenvalue weighted by Gasteiger charge is 2.36. The number of likely N-dealkylation sites (tertiary alicyclic amines) is 1. The molecular formula is C23H28N2O4. The third-order valence-corrected chi connectivity index (χ3v) is 4.55.